The Morgan fingerprint density at radius 2 is 1.90 bits per heavy atom. The van der Waals surface area contributed by atoms with Crippen molar-refractivity contribution >= 4 is 5.69 Å². The van der Waals surface area contributed by atoms with Crippen LogP contribution >= 0.6 is 0 Å². The number of hydrogen-bond donors (Lipinski definition) is 1. The van der Waals surface area contributed by atoms with Crippen LogP contribution in [0.4, 0.5) is 18.9 Å². The lowest BCUT2D eigenvalue weighted by Crippen LogP contribution is -2.45. The highest BCUT2D eigenvalue weighted by Gasteiger charge is 2.34. The summed E-state index contributed by atoms with van der Waals surface area (Å²) in [7, 11) is 0. The lowest BCUT2D eigenvalue weighted by molar-refractivity contribution is -0.138. The summed E-state index contributed by atoms with van der Waals surface area (Å²) in [5, 5.41) is 0. The van der Waals surface area contributed by atoms with Crippen molar-refractivity contribution in [1.82, 2.24) is 0 Å². The maximum Gasteiger partial charge on any atom is 0.416 e. The van der Waals surface area contributed by atoms with E-state index in [9.17, 15) is 13.2 Å². The second-order valence-electron chi connectivity index (χ2n) is 6.25. The molecule has 21 heavy (non-hydrogen) atoms. The summed E-state index contributed by atoms with van der Waals surface area (Å²) in [6, 6.07) is 4.66. The van der Waals surface area contributed by atoms with Gasteiger partial charge in [0, 0.05) is 24.8 Å². The number of nitrogens with zero attached hydrogens (tertiary/aromatic N) is 1. The van der Waals surface area contributed by atoms with Crippen LogP contribution in [0, 0.1) is 11.8 Å². The number of alkyl halides is 3. The van der Waals surface area contributed by atoms with Gasteiger partial charge in [0.25, 0.3) is 0 Å². The zero-order valence-electron chi connectivity index (χ0n) is 12.7. The predicted molar refractivity (Wildman–Crippen MR) is 79.1 cm³/mol. The Morgan fingerprint density at radius 1 is 1.24 bits per heavy atom. The number of hydrogen-bond acceptors (Lipinski definition) is 2. The molecule has 1 saturated heterocycles. The number of anilines is 1. The van der Waals surface area contributed by atoms with Gasteiger partial charge < -0.3 is 10.6 Å². The van der Waals surface area contributed by atoms with Gasteiger partial charge in [0.2, 0.25) is 0 Å². The zero-order valence-corrected chi connectivity index (χ0v) is 12.7. The number of rotatable bonds is 2. The Morgan fingerprint density at radius 3 is 2.48 bits per heavy atom. The molecule has 118 valence electrons. The van der Waals surface area contributed by atoms with Crippen LogP contribution < -0.4 is 10.6 Å². The van der Waals surface area contributed by atoms with Crippen LogP contribution in [0.25, 0.3) is 0 Å². The zero-order chi connectivity index (χ0) is 15.8. The molecule has 3 unspecified atom stereocenters. The van der Waals surface area contributed by atoms with Crippen LogP contribution in [0.5, 0.6) is 0 Å². The van der Waals surface area contributed by atoms with Gasteiger partial charge in [-0.15, -0.1) is 0 Å². The highest BCUT2D eigenvalue weighted by molar-refractivity contribution is 5.53. The van der Waals surface area contributed by atoms with Gasteiger partial charge in [-0.3, -0.25) is 0 Å². The molecule has 0 spiro atoms. The lowest BCUT2D eigenvalue weighted by Gasteiger charge is -2.43. The summed E-state index contributed by atoms with van der Waals surface area (Å²) in [6.45, 7) is 7.29. The molecule has 1 fully saturated rings. The van der Waals surface area contributed by atoms with E-state index in [2.05, 4.69) is 25.7 Å². The normalized spacial score (nSPS) is 27.0. The molecular weight excluding hydrogens is 277 g/mol. The van der Waals surface area contributed by atoms with Crippen molar-refractivity contribution in [2.24, 2.45) is 17.6 Å². The van der Waals surface area contributed by atoms with Crippen LogP contribution in [-0.4, -0.2) is 12.6 Å². The number of benzene rings is 1. The van der Waals surface area contributed by atoms with Crippen LogP contribution in [0.3, 0.4) is 0 Å². The fourth-order valence-electron chi connectivity index (χ4n) is 3.26. The fourth-order valence-corrected chi connectivity index (χ4v) is 3.26. The van der Waals surface area contributed by atoms with Crippen molar-refractivity contribution in [3.8, 4) is 0 Å². The lowest BCUT2D eigenvalue weighted by atomic mass is 9.85. The molecule has 2 rings (SSSR count). The first-order valence-corrected chi connectivity index (χ1v) is 7.40. The minimum atomic E-state index is -4.35. The van der Waals surface area contributed by atoms with E-state index in [1.807, 2.05) is 0 Å². The van der Waals surface area contributed by atoms with Crippen molar-refractivity contribution in [3.63, 3.8) is 0 Å². The Labute approximate surface area is 124 Å². The third kappa shape index (κ3) is 3.34. The van der Waals surface area contributed by atoms with E-state index >= 15 is 0 Å². The fraction of sp³-hybridized carbons (Fsp3) is 0.625. The Hall–Kier alpha value is -1.23. The van der Waals surface area contributed by atoms with Gasteiger partial charge in [-0.05, 0) is 48.9 Å². The highest BCUT2D eigenvalue weighted by atomic mass is 19.4. The van der Waals surface area contributed by atoms with Crippen molar-refractivity contribution < 1.29 is 13.2 Å². The number of halogens is 3. The highest BCUT2D eigenvalue weighted by Crippen LogP contribution is 2.36. The molecule has 2 N–H and O–H groups in total. The second-order valence-corrected chi connectivity index (χ2v) is 6.25. The average Bonchev–Trinajstić information content (AvgIpc) is 2.41. The van der Waals surface area contributed by atoms with Gasteiger partial charge in [0.15, 0.2) is 0 Å². The topological polar surface area (TPSA) is 29.3 Å². The van der Waals surface area contributed by atoms with E-state index in [0.29, 0.717) is 17.9 Å². The Bertz CT molecular complexity index is 499. The van der Waals surface area contributed by atoms with Crippen LogP contribution in [0.15, 0.2) is 18.2 Å². The van der Waals surface area contributed by atoms with Gasteiger partial charge in [-0.25, -0.2) is 0 Å². The van der Waals surface area contributed by atoms with E-state index in [0.717, 1.165) is 24.7 Å². The molecule has 1 aromatic rings. The monoisotopic (exact) mass is 300 g/mol. The molecule has 0 amide bonds. The Kier molecular flexibility index (Phi) is 4.51. The first-order chi connectivity index (χ1) is 9.74. The second kappa shape index (κ2) is 5.87. The molecule has 1 aromatic carbocycles. The molecule has 0 aromatic heterocycles. The number of piperidine rings is 1. The predicted octanol–water partition coefficient (Wildman–Crippen LogP) is 4.03. The van der Waals surface area contributed by atoms with Gasteiger partial charge in [-0.1, -0.05) is 13.8 Å². The minimum absolute atomic E-state index is 0.101. The molecule has 1 heterocycles. The standard InChI is InChI=1S/C16H23F3N2/c1-10-6-11(2)12(3)21(9-10)14-4-5-15(16(17,18)19)13(7-14)8-20/h4-5,7,10-12H,6,8-9,20H2,1-3H3. The van der Waals surface area contributed by atoms with Crippen molar-refractivity contribution in [1.29, 1.82) is 0 Å². The van der Waals surface area contributed by atoms with E-state index in [1.54, 1.807) is 12.1 Å². The van der Waals surface area contributed by atoms with E-state index in [-0.39, 0.29) is 12.1 Å². The number of nitrogens with two attached hydrogens (primary N) is 1. The van der Waals surface area contributed by atoms with Crippen molar-refractivity contribution in [2.45, 2.75) is 46.0 Å². The van der Waals surface area contributed by atoms with E-state index < -0.39 is 11.7 Å². The summed E-state index contributed by atoms with van der Waals surface area (Å²) in [5.74, 6) is 1.07. The van der Waals surface area contributed by atoms with Gasteiger partial charge in [0.05, 0.1) is 5.56 Å². The third-order valence-corrected chi connectivity index (χ3v) is 4.54. The first kappa shape index (κ1) is 16.1. The average molecular weight is 300 g/mol. The smallest absolute Gasteiger partial charge is 0.368 e. The molecule has 0 bridgehead atoms. The van der Waals surface area contributed by atoms with Crippen LogP contribution in [0.2, 0.25) is 0 Å². The maximum atomic E-state index is 12.9. The molecule has 2 nitrogen and oxygen atoms in total. The van der Waals surface area contributed by atoms with Gasteiger partial charge >= 0.3 is 6.18 Å². The quantitative estimate of drug-likeness (QED) is 0.893. The van der Waals surface area contributed by atoms with Gasteiger partial charge in [0.1, 0.15) is 0 Å². The summed E-state index contributed by atoms with van der Waals surface area (Å²) >= 11 is 0. The molecule has 0 radical (unpaired) electrons. The summed E-state index contributed by atoms with van der Waals surface area (Å²) < 4.78 is 38.8. The largest absolute Gasteiger partial charge is 0.416 e. The summed E-state index contributed by atoms with van der Waals surface area (Å²) in [5.41, 5.74) is 5.90. The molecule has 0 saturated carbocycles. The molecule has 1 aliphatic heterocycles. The summed E-state index contributed by atoms with van der Waals surface area (Å²) in [4.78, 5) is 2.21. The molecule has 0 aliphatic carbocycles. The van der Waals surface area contributed by atoms with Crippen LogP contribution in [0.1, 0.15) is 38.3 Å². The Balaban J connectivity index is 2.36. The van der Waals surface area contributed by atoms with Crippen molar-refractivity contribution in [2.75, 3.05) is 11.4 Å². The first-order valence-electron chi connectivity index (χ1n) is 7.40. The molecule has 5 heteroatoms. The third-order valence-electron chi connectivity index (χ3n) is 4.54. The maximum absolute atomic E-state index is 12.9. The molecule has 3 atom stereocenters. The summed E-state index contributed by atoms with van der Waals surface area (Å²) in [6.07, 6.45) is -3.19. The van der Waals surface area contributed by atoms with Gasteiger partial charge in [-0.2, -0.15) is 13.2 Å². The molecule has 1 aliphatic rings. The van der Waals surface area contributed by atoms with Crippen LogP contribution in [-0.2, 0) is 12.7 Å². The SMILES string of the molecule is CC1CC(C)C(C)N(c2ccc(C(F)(F)F)c(CN)c2)C1. The van der Waals surface area contributed by atoms with Crippen molar-refractivity contribution in [3.05, 3.63) is 29.3 Å². The minimum Gasteiger partial charge on any atom is -0.368 e. The van der Waals surface area contributed by atoms with E-state index in [1.165, 1.54) is 0 Å². The van der Waals surface area contributed by atoms with E-state index in [4.69, 9.17) is 5.73 Å². The molecular formula is C16H23F3N2.